The standard InChI is InChI=1S/C19H18N2O4/c22-10-9-20-18(23)15-7-4-8-17(11-15)24-12-16-13-25-19(21-16)14-5-2-1-3-6-14/h1-8,11,13,22H,9-10,12H2,(H,20,23). The molecule has 1 heterocycles. The Kier molecular flexibility index (Phi) is 5.43. The lowest BCUT2D eigenvalue weighted by molar-refractivity contribution is 0.0944. The molecule has 0 aliphatic carbocycles. The van der Waals surface area contributed by atoms with Crippen molar-refractivity contribution in [3.63, 3.8) is 0 Å². The summed E-state index contributed by atoms with van der Waals surface area (Å²) >= 11 is 0. The molecule has 2 N–H and O–H groups in total. The molecule has 0 aliphatic heterocycles. The highest BCUT2D eigenvalue weighted by atomic mass is 16.5. The predicted molar refractivity (Wildman–Crippen MR) is 92.1 cm³/mol. The molecule has 0 saturated carbocycles. The minimum atomic E-state index is -0.257. The molecule has 0 aliphatic rings. The van der Waals surface area contributed by atoms with E-state index in [4.69, 9.17) is 14.3 Å². The number of aromatic nitrogens is 1. The van der Waals surface area contributed by atoms with Crippen LogP contribution in [0.25, 0.3) is 11.5 Å². The number of amides is 1. The van der Waals surface area contributed by atoms with Crippen LogP contribution in [0.15, 0.2) is 65.3 Å². The maximum absolute atomic E-state index is 11.9. The van der Waals surface area contributed by atoms with Crippen molar-refractivity contribution in [3.05, 3.63) is 72.1 Å². The van der Waals surface area contributed by atoms with Crippen LogP contribution in [0.5, 0.6) is 5.75 Å². The third-order valence-corrected chi connectivity index (χ3v) is 3.45. The van der Waals surface area contributed by atoms with Crippen LogP contribution in [-0.4, -0.2) is 29.1 Å². The summed E-state index contributed by atoms with van der Waals surface area (Å²) in [7, 11) is 0. The lowest BCUT2D eigenvalue weighted by Crippen LogP contribution is -2.26. The van der Waals surface area contributed by atoms with Crippen molar-refractivity contribution in [2.45, 2.75) is 6.61 Å². The van der Waals surface area contributed by atoms with E-state index in [-0.39, 0.29) is 25.7 Å². The molecule has 0 bridgehead atoms. The summed E-state index contributed by atoms with van der Waals surface area (Å²) in [6.07, 6.45) is 1.56. The summed E-state index contributed by atoms with van der Waals surface area (Å²) in [4.78, 5) is 16.3. The lowest BCUT2D eigenvalue weighted by Gasteiger charge is -2.07. The van der Waals surface area contributed by atoms with Crippen molar-refractivity contribution in [1.82, 2.24) is 10.3 Å². The Morgan fingerprint density at radius 1 is 1.16 bits per heavy atom. The van der Waals surface area contributed by atoms with Crippen LogP contribution in [-0.2, 0) is 6.61 Å². The van der Waals surface area contributed by atoms with Crippen molar-refractivity contribution in [1.29, 1.82) is 0 Å². The Balaban J connectivity index is 1.62. The molecule has 0 unspecified atom stereocenters. The molecule has 3 rings (SSSR count). The second-order valence-electron chi connectivity index (χ2n) is 5.31. The van der Waals surface area contributed by atoms with Crippen LogP contribution in [0.1, 0.15) is 16.1 Å². The van der Waals surface area contributed by atoms with E-state index >= 15 is 0 Å². The summed E-state index contributed by atoms with van der Waals surface area (Å²) in [6.45, 7) is 0.348. The Labute approximate surface area is 145 Å². The molecule has 0 radical (unpaired) electrons. The van der Waals surface area contributed by atoms with E-state index in [2.05, 4.69) is 10.3 Å². The number of ether oxygens (including phenoxy) is 1. The van der Waals surface area contributed by atoms with E-state index in [1.807, 2.05) is 30.3 Å². The molecular weight excluding hydrogens is 320 g/mol. The van der Waals surface area contributed by atoms with Gasteiger partial charge in [0.05, 0.1) is 6.61 Å². The highest BCUT2D eigenvalue weighted by Crippen LogP contribution is 2.19. The second-order valence-corrected chi connectivity index (χ2v) is 5.31. The highest BCUT2D eigenvalue weighted by molar-refractivity contribution is 5.94. The van der Waals surface area contributed by atoms with Gasteiger partial charge in [0.2, 0.25) is 5.89 Å². The first-order valence-electron chi connectivity index (χ1n) is 7.88. The topological polar surface area (TPSA) is 84.6 Å². The molecule has 2 aromatic carbocycles. The molecule has 1 amide bonds. The minimum absolute atomic E-state index is 0.0994. The molecule has 0 saturated heterocycles. The van der Waals surface area contributed by atoms with Crippen molar-refractivity contribution in [2.24, 2.45) is 0 Å². The van der Waals surface area contributed by atoms with Gasteiger partial charge in [-0.25, -0.2) is 4.98 Å². The molecule has 3 aromatic rings. The van der Waals surface area contributed by atoms with Crippen molar-refractivity contribution in [2.75, 3.05) is 13.2 Å². The molecule has 0 atom stereocenters. The number of carbonyl (C=O) groups excluding carboxylic acids is 1. The van der Waals surface area contributed by atoms with Gasteiger partial charge in [-0.2, -0.15) is 0 Å². The molecule has 0 spiro atoms. The van der Waals surface area contributed by atoms with Crippen LogP contribution >= 0.6 is 0 Å². The van der Waals surface area contributed by atoms with Gasteiger partial charge in [-0.3, -0.25) is 4.79 Å². The van der Waals surface area contributed by atoms with E-state index in [1.54, 1.807) is 30.5 Å². The molecule has 1 aromatic heterocycles. The Bertz CT molecular complexity index is 830. The third kappa shape index (κ3) is 4.45. The zero-order valence-electron chi connectivity index (χ0n) is 13.5. The van der Waals surface area contributed by atoms with Gasteiger partial charge in [0, 0.05) is 17.7 Å². The van der Waals surface area contributed by atoms with E-state index in [0.29, 0.717) is 22.9 Å². The number of aliphatic hydroxyl groups is 1. The zero-order chi connectivity index (χ0) is 17.5. The van der Waals surface area contributed by atoms with E-state index in [1.165, 1.54) is 0 Å². The number of nitrogens with one attached hydrogen (secondary N) is 1. The summed E-state index contributed by atoms with van der Waals surface area (Å²) in [6, 6.07) is 16.4. The van der Waals surface area contributed by atoms with Crippen LogP contribution < -0.4 is 10.1 Å². The summed E-state index contributed by atoms with van der Waals surface area (Å²) in [5, 5.41) is 11.4. The largest absolute Gasteiger partial charge is 0.487 e. The van der Waals surface area contributed by atoms with Crippen molar-refractivity contribution in [3.8, 4) is 17.2 Å². The first kappa shape index (κ1) is 16.7. The summed E-state index contributed by atoms with van der Waals surface area (Å²) in [5.74, 6) is 0.838. The van der Waals surface area contributed by atoms with Crippen LogP contribution in [0.2, 0.25) is 0 Å². The van der Waals surface area contributed by atoms with Crippen LogP contribution in [0.4, 0.5) is 0 Å². The number of oxazole rings is 1. The van der Waals surface area contributed by atoms with Crippen molar-refractivity contribution >= 4 is 5.91 Å². The van der Waals surface area contributed by atoms with E-state index in [0.717, 1.165) is 5.56 Å². The molecular formula is C19H18N2O4. The first-order valence-corrected chi connectivity index (χ1v) is 7.88. The smallest absolute Gasteiger partial charge is 0.251 e. The maximum atomic E-state index is 11.9. The molecule has 0 fully saturated rings. The Hall–Kier alpha value is -3.12. The predicted octanol–water partition coefficient (Wildman–Crippen LogP) is 2.64. The molecule has 6 heteroatoms. The Morgan fingerprint density at radius 3 is 2.80 bits per heavy atom. The number of rotatable bonds is 7. The average molecular weight is 338 g/mol. The average Bonchev–Trinajstić information content (AvgIpc) is 3.14. The second kappa shape index (κ2) is 8.12. The van der Waals surface area contributed by atoms with Crippen molar-refractivity contribution < 1.29 is 19.1 Å². The number of nitrogens with zero attached hydrogens (tertiary/aromatic N) is 1. The fourth-order valence-electron chi connectivity index (χ4n) is 2.24. The van der Waals surface area contributed by atoms with Gasteiger partial charge in [-0.15, -0.1) is 0 Å². The van der Waals surface area contributed by atoms with Gasteiger partial charge in [-0.1, -0.05) is 24.3 Å². The van der Waals surface area contributed by atoms with E-state index < -0.39 is 0 Å². The van der Waals surface area contributed by atoms with Gasteiger partial charge in [0.25, 0.3) is 5.91 Å². The SMILES string of the molecule is O=C(NCCO)c1cccc(OCc2coc(-c3ccccc3)n2)c1. The van der Waals surface area contributed by atoms with Gasteiger partial charge in [0.1, 0.15) is 24.3 Å². The highest BCUT2D eigenvalue weighted by Gasteiger charge is 2.09. The number of carbonyl (C=O) groups is 1. The summed E-state index contributed by atoms with van der Waals surface area (Å²) < 4.78 is 11.2. The fourth-order valence-corrected chi connectivity index (χ4v) is 2.24. The number of hydrogen-bond donors (Lipinski definition) is 2. The summed E-state index contributed by atoms with van der Waals surface area (Å²) in [5.41, 5.74) is 2.03. The fraction of sp³-hybridized carbons (Fsp3) is 0.158. The third-order valence-electron chi connectivity index (χ3n) is 3.45. The van der Waals surface area contributed by atoms with Crippen LogP contribution in [0, 0.1) is 0 Å². The molecule has 25 heavy (non-hydrogen) atoms. The number of hydrogen-bond acceptors (Lipinski definition) is 5. The number of aliphatic hydroxyl groups excluding tert-OH is 1. The minimum Gasteiger partial charge on any atom is -0.487 e. The van der Waals surface area contributed by atoms with Crippen LogP contribution in [0.3, 0.4) is 0 Å². The molecule has 128 valence electrons. The first-order chi connectivity index (χ1) is 12.3. The maximum Gasteiger partial charge on any atom is 0.251 e. The van der Waals surface area contributed by atoms with Gasteiger partial charge in [0.15, 0.2) is 0 Å². The zero-order valence-corrected chi connectivity index (χ0v) is 13.5. The monoisotopic (exact) mass is 338 g/mol. The lowest BCUT2D eigenvalue weighted by atomic mass is 10.2. The van der Waals surface area contributed by atoms with Gasteiger partial charge in [-0.05, 0) is 30.3 Å². The Morgan fingerprint density at radius 2 is 2.00 bits per heavy atom. The van der Waals surface area contributed by atoms with E-state index in [9.17, 15) is 4.79 Å². The van der Waals surface area contributed by atoms with Gasteiger partial charge < -0.3 is 19.6 Å². The molecule has 6 nitrogen and oxygen atoms in total. The quantitative estimate of drug-likeness (QED) is 0.692. The van der Waals surface area contributed by atoms with Gasteiger partial charge >= 0.3 is 0 Å². The normalized spacial score (nSPS) is 10.4. The number of benzene rings is 2.